The molecular weight excluding hydrogens is 178 g/mol. The zero-order chi connectivity index (χ0) is 9.47. The van der Waals surface area contributed by atoms with E-state index in [1.165, 1.54) is 18.4 Å². The monoisotopic (exact) mass is 195 g/mol. The third-order valence-corrected chi connectivity index (χ3v) is 4.51. The second kappa shape index (κ2) is 3.10. The molecule has 1 fully saturated rings. The van der Waals surface area contributed by atoms with Gasteiger partial charge in [-0.15, -0.1) is 11.3 Å². The van der Waals surface area contributed by atoms with Gasteiger partial charge in [0.1, 0.15) is 0 Å². The van der Waals surface area contributed by atoms with Crippen LogP contribution in [0.2, 0.25) is 0 Å². The van der Waals surface area contributed by atoms with Crippen molar-refractivity contribution in [1.82, 2.24) is 0 Å². The van der Waals surface area contributed by atoms with Crippen molar-refractivity contribution in [3.63, 3.8) is 0 Å². The molecule has 1 aromatic rings. The fourth-order valence-corrected chi connectivity index (χ4v) is 3.62. The van der Waals surface area contributed by atoms with Gasteiger partial charge in [-0.05, 0) is 43.2 Å². The Balaban J connectivity index is 2.30. The van der Waals surface area contributed by atoms with Gasteiger partial charge in [-0.1, -0.05) is 6.92 Å². The first-order valence-electron chi connectivity index (χ1n) is 4.92. The van der Waals surface area contributed by atoms with E-state index < -0.39 is 0 Å². The van der Waals surface area contributed by atoms with Crippen molar-refractivity contribution >= 4 is 11.3 Å². The molecule has 1 aromatic heterocycles. The fourth-order valence-electron chi connectivity index (χ4n) is 2.48. The van der Waals surface area contributed by atoms with Crippen LogP contribution in [0.3, 0.4) is 0 Å². The van der Waals surface area contributed by atoms with Crippen LogP contribution in [0.5, 0.6) is 0 Å². The van der Waals surface area contributed by atoms with Gasteiger partial charge in [0.25, 0.3) is 0 Å². The summed E-state index contributed by atoms with van der Waals surface area (Å²) in [5, 5.41) is 2.19. The molecule has 1 nitrogen and oxygen atoms in total. The molecule has 1 saturated carbocycles. The molecule has 13 heavy (non-hydrogen) atoms. The van der Waals surface area contributed by atoms with Crippen molar-refractivity contribution in [2.75, 3.05) is 0 Å². The third kappa shape index (κ3) is 1.53. The standard InChI is InChI=1S/C11H17NS/c1-8-4-6-13-10(8)11(2)5-3-9(12)7-11/h4,6,9H,3,5,7,12H2,1-2H3. The first-order chi connectivity index (χ1) is 6.12. The lowest BCUT2D eigenvalue weighted by Gasteiger charge is -2.23. The lowest BCUT2D eigenvalue weighted by molar-refractivity contribution is 0.490. The Kier molecular flexibility index (Phi) is 2.20. The van der Waals surface area contributed by atoms with Gasteiger partial charge in [-0.3, -0.25) is 0 Å². The Hall–Kier alpha value is -0.340. The van der Waals surface area contributed by atoms with Crippen LogP contribution < -0.4 is 5.73 Å². The van der Waals surface area contributed by atoms with Gasteiger partial charge < -0.3 is 5.73 Å². The predicted molar refractivity (Wildman–Crippen MR) is 58.2 cm³/mol. The van der Waals surface area contributed by atoms with Gasteiger partial charge in [-0.25, -0.2) is 0 Å². The summed E-state index contributed by atoms with van der Waals surface area (Å²) in [6, 6.07) is 2.64. The SMILES string of the molecule is Cc1ccsc1C1(C)CCC(N)C1. The largest absolute Gasteiger partial charge is 0.328 e. The maximum absolute atomic E-state index is 5.97. The molecule has 0 aliphatic heterocycles. The number of rotatable bonds is 1. The summed E-state index contributed by atoms with van der Waals surface area (Å²) in [7, 11) is 0. The molecule has 0 spiro atoms. The molecule has 0 aromatic carbocycles. The summed E-state index contributed by atoms with van der Waals surface area (Å²) in [5.41, 5.74) is 7.79. The Morgan fingerprint density at radius 3 is 2.85 bits per heavy atom. The molecular formula is C11H17NS. The second-order valence-corrected chi connectivity index (χ2v) is 5.41. The summed E-state index contributed by atoms with van der Waals surface area (Å²) >= 11 is 1.89. The molecule has 2 heteroatoms. The maximum Gasteiger partial charge on any atom is 0.0134 e. The maximum atomic E-state index is 5.97. The highest BCUT2D eigenvalue weighted by molar-refractivity contribution is 7.10. The fraction of sp³-hybridized carbons (Fsp3) is 0.636. The number of hydrogen-bond donors (Lipinski definition) is 1. The smallest absolute Gasteiger partial charge is 0.0134 e. The molecule has 2 rings (SSSR count). The van der Waals surface area contributed by atoms with E-state index in [0.29, 0.717) is 11.5 Å². The highest BCUT2D eigenvalue weighted by Gasteiger charge is 2.36. The number of thiophene rings is 1. The molecule has 0 radical (unpaired) electrons. The van der Waals surface area contributed by atoms with E-state index in [9.17, 15) is 0 Å². The number of hydrogen-bond acceptors (Lipinski definition) is 2. The van der Waals surface area contributed by atoms with Gasteiger partial charge >= 0.3 is 0 Å². The zero-order valence-electron chi connectivity index (χ0n) is 8.34. The van der Waals surface area contributed by atoms with Crippen molar-refractivity contribution in [3.8, 4) is 0 Å². The molecule has 1 heterocycles. The van der Waals surface area contributed by atoms with Gasteiger partial charge in [0.05, 0.1) is 0 Å². The van der Waals surface area contributed by atoms with Crippen molar-refractivity contribution in [3.05, 3.63) is 21.9 Å². The summed E-state index contributed by atoms with van der Waals surface area (Å²) in [4.78, 5) is 1.56. The van der Waals surface area contributed by atoms with Gasteiger partial charge in [-0.2, -0.15) is 0 Å². The van der Waals surface area contributed by atoms with E-state index in [1.54, 1.807) is 4.88 Å². The highest BCUT2D eigenvalue weighted by atomic mass is 32.1. The summed E-state index contributed by atoms with van der Waals surface area (Å²) in [6.45, 7) is 4.57. The molecule has 1 aliphatic rings. The van der Waals surface area contributed by atoms with Crippen LogP contribution in [0.1, 0.15) is 36.6 Å². The van der Waals surface area contributed by atoms with Gasteiger partial charge in [0.2, 0.25) is 0 Å². The number of nitrogens with two attached hydrogens (primary N) is 1. The second-order valence-electron chi connectivity index (χ2n) is 4.50. The van der Waals surface area contributed by atoms with E-state index in [-0.39, 0.29) is 0 Å². The first kappa shape index (κ1) is 9.22. The lowest BCUT2D eigenvalue weighted by atomic mass is 9.85. The first-order valence-corrected chi connectivity index (χ1v) is 5.80. The Morgan fingerprint density at radius 2 is 2.38 bits per heavy atom. The minimum Gasteiger partial charge on any atom is -0.328 e. The average molecular weight is 195 g/mol. The van der Waals surface area contributed by atoms with E-state index in [2.05, 4.69) is 25.3 Å². The minimum absolute atomic E-state index is 0.373. The quantitative estimate of drug-likeness (QED) is 0.732. The van der Waals surface area contributed by atoms with Crippen LogP contribution >= 0.6 is 11.3 Å². The molecule has 2 atom stereocenters. The molecule has 0 saturated heterocycles. The predicted octanol–water partition coefficient (Wildman–Crippen LogP) is 2.83. The average Bonchev–Trinajstić information content (AvgIpc) is 2.59. The van der Waals surface area contributed by atoms with Gasteiger partial charge in [0.15, 0.2) is 0 Å². The Bertz CT molecular complexity index is 305. The van der Waals surface area contributed by atoms with Crippen LogP contribution in [0, 0.1) is 6.92 Å². The lowest BCUT2D eigenvalue weighted by Crippen LogP contribution is -2.22. The molecule has 72 valence electrons. The molecule has 0 bridgehead atoms. The van der Waals surface area contributed by atoms with Crippen LogP contribution in [0.15, 0.2) is 11.4 Å². The molecule has 2 unspecified atom stereocenters. The van der Waals surface area contributed by atoms with E-state index in [1.807, 2.05) is 11.3 Å². The molecule has 0 amide bonds. The Labute approximate surface area is 84.0 Å². The van der Waals surface area contributed by atoms with E-state index in [4.69, 9.17) is 5.73 Å². The number of aryl methyl sites for hydroxylation is 1. The van der Waals surface area contributed by atoms with Gasteiger partial charge in [0, 0.05) is 16.3 Å². The zero-order valence-corrected chi connectivity index (χ0v) is 9.16. The van der Waals surface area contributed by atoms with Crippen molar-refractivity contribution in [2.24, 2.45) is 5.73 Å². The molecule has 1 aliphatic carbocycles. The third-order valence-electron chi connectivity index (χ3n) is 3.19. The van der Waals surface area contributed by atoms with Crippen molar-refractivity contribution in [1.29, 1.82) is 0 Å². The topological polar surface area (TPSA) is 26.0 Å². The van der Waals surface area contributed by atoms with Crippen LogP contribution in [-0.2, 0) is 5.41 Å². The van der Waals surface area contributed by atoms with Crippen molar-refractivity contribution in [2.45, 2.75) is 44.6 Å². The van der Waals surface area contributed by atoms with E-state index in [0.717, 1.165) is 6.42 Å². The van der Waals surface area contributed by atoms with Crippen molar-refractivity contribution < 1.29 is 0 Å². The molecule has 2 N–H and O–H groups in total. The summed E-state index contributed by atoms with van der Waals surface area (Å²) in [6.07, 6.45) is 3.61. The summed E-state index contributed by atoms with van der Waals surface area (Å²) < 4.78 is 0. The van der Waals surface area contributed by atoms with E-state index >= 15 is 0 Å². The van der Waals surface area contributed by atoms with Crippen LogP contribution in [0.25, 0.3) is 0 Å². The van der Waals surface area contributed by atoms with Crippen LogP contribution in [-0.4, -0.2) is 6.04 Å². The van der Waals surface area contributed by atoms with Crippen LogP contribution in [0.4, 0.5) is 0 Å². The Morgan fingerprint density at radius 1 is 1.62 bits per heavy atom. The minimum atomic E-state index is 0.373. The normalized spacial score (nSPS) is 33.9. The highest BCUT2D eigenvalue weighted by Crippen LogP contribution is 2.43. The summed E-state index contributed by atoms with van der Waals surface area (Å²) in [5.74, 6) is 0.